The van der Waals surface area contributed by atoms with Gasteiger partial charge in [0.1, 0.15) is 0 Å². The minimum atomic E-state index is -4.15. The van der Waals surface area contributed by atoms with Gasteiger partial charge in [0, 0.05) is 12.4 Å². The topological polar surface area (TPSA) is 60.8 Å². The second kappa shape index (κ2) is 4.34. The minimum absolute atomic E-state index is 0.854. The Kier molecular flexibility index (Phi) is 4.11. The van der Waals surface area contributed by atoms with Gasteiger partial charge in [-0.1, -0.05) is 12.2 Å². The van der Waals surface area contributed by atoms with Crippen molar-refractivity contribution in [3.8, 4) is 0 Å². The quantitative estimate of drug-likeness (QED) is 0.640. The molecule has 0 fully saturated rings. The van der Waals surface area contributed by atoms with Crippen LogP contribution in [-0.2, 0) is 4.57 Å². The van der Waals surface area contributed by atoms with Gasteiger partial charge >= 0.3 is 7.75 Å². The molecule has 0 radical (unpaired) electrons. The molecule has 0 unspecified atom stereocenters. The Bertz CT molecular complexity index is 194. The van der Waals surface area contributed by atoms with Crippen LogP contribution in [0.2, 0.25) is 0 Å². The van der Waals surface area contributed by atoms with Gasteiger partial charge in [-0.15, -0.1) is 0 Å². The lowest BCUT2D eigenvalue weighted by Crippen LogP contribution is -2.04. The molecule has 0 aliphatic heterocycles. The molecule has 64 valence electrons. The van der Waals surface area contributed by atoms with E-state index in [0.717, 1.165) is 4.67 Å². The van der Waals surface area contributed by atoms with Gasteiger partial charge in [0.25, 0.3) is 0 Å². The van der Waals surface area contributed by atoms with Crippen molar-refractivity contribution in [3.05, 3.63) is 24.6 Å². The molecule has 0 saturated heterocycles. The molecule has 0 aromatic rings. The molecule has 0 bridgehead atoms. The van der Waals surface area contributed by atoms with Crippen LogP contribution in [0.4, 0.5) is 0 Å². The van der Waals surface area contributed by atoms with Gasteiger partial charge in [0.05, 0.1) is 0 Å². The molecule has 0 rings (SSSR count). The van der Waals surface area contributed by atoms with Crippen LogP contribution in [0.3, 0.4) is 0 Å². The predicted octanol–water partition coefficient (Wildman–Crippen LogP) is 1.45. The highest BCUT2D eigenvalue weighted by Crippen LogP contribution is 2.40. The largest absolute Gasteiger partial charge is 0.433 e. The van der Waals surface area contributed by atoms with Crippen LogP contribution < -0.4 is 0 Å². The third-order valence-corrected chi connectivity index (χ3v) is 1.77. The first-order chi connectivity index (χ1) is 5.02. The molecule has 5 heteroatoms. The summed E-state index contributed by atoms with van der Waals surface area (Å²) in [5.41, 5.74) is 0. The van der Waals surface area contributed by atoms with Crippen molar-refractivity contribution in [2.75, 3.05) is 0 Å². The molecule has 0 amide bonds. The molecule has 0 aliphatic carbocycles. The summed E-state index contributed by atoms with van der Waals surface area (Å²) in [6.07, 6.45) is 5.75. The first-order valence-electron chi connectivity index (χ1n) is 3.12. The summed E-state index contributed by atoms with van der Waals surface area (Å²) in [6.45, 7) is 3.37. The molecule has 2 N–H and O–H groups in total. The summed E-state index contributed by atoms with van der Waals surface area (Å²) in [6, 6.07) is 0. The number of allylic oxidation sites excluding steroid dienone is 2. The van der Waals surface area contributed by atoms with E-state index in [2.05, 4.69) is 0 Å². The fourth-order valence-electron chi connectivity index (χ4n) is 0.529. The smallest absolute Gasteiger partial charge is 0.308 e. The van der Waals surface area contributed by atoms with Gasteiger partial charge in [-0.05, 0) is 13.8 Å². The van der Waals surface area contributed by atoms with Crippen molar-refractivity contribution < 1.29 is 14.4 Å². The van der Waals surface area contributed by atoms with E-state index in [9.17, 15) is 4.57 Å². The van der Waals surface area contributed by atoms with Crippen molar-refractivity contribution in [1.82, 2.24) is 4.67 Å². The van der Waals surface area contributed by atoms with E-state index < -0.39 is 7.75 Å². The van der Waals surface area contributed by atoms with Crippen LogP contribution in [-0.4, -0.2) is 14.5 Å². The first kappa shape index (κ1) is 10.4. The van der Waals surface area contributed by atoms with E-state index in [0.29, 0.717) is 0 Å². The molecule has 11 heavy (non-hydrogen) atoms. The van der Waals surface area contributed by atoms with Crippen LogP contribution >= 0.6 is 7.75 Å². The fourth-order valence-corrected chi connectivity index (χ4v) is 1.14. The lowest BCUT2D eigenvalue weighted by atomic mass is 10.6. The van der Waals surface area contributed by atoms with Crippen LogP contribution in [0.1, 0.15) is 13.8 Å². The van der Waals surface area contributed by atoms with Crippen LogP contribution in [0.15, 0.2) is 24.6 Å². The molecule has 0 aromatic carbocycles. The van der Waals surface area contributed by atoms with Gasteiger partial charge in [-0.25, -0.2) is 4.57 Å². The summed E-state index contributed by atoms with van der Waals surface area (Å²) in [7, 11) is -4.15. The van der Waals surface area contributed by atoms with E-state index in [4.69, 9.17) is 9.79 Å². The highest BCUT2D eigenvalue weighted by molar-refractivity contribution is 7.49. The van der Waals surface area contributed by atoms with Gasteiger partial charge in [-0.2, -0.15) is 0 Å². The molecule has 0 atom stereocenters. The number of hydrogen-bond donors (Lipinski definition) is 2. The Morgan fingerprint density at radius 1 is 1.18 bits per heavy atom. The zero-order chi connectivity index (χ0) is 8.91. The number of hydrogen-bond acceptors (Lipinski definition) is 1. The number of nitrogens with zero attached hydrogens (tertiary/aromatic N) is 1. The fraction of sp³-hybridized carbons (Fsp3) is 0.333. The minimum Gasteiger partial charge on any atom is -0.308 e. The molecule has 0 spiro atoms. The van der Waals surface area contributed by atoms with Crippen molar-refractivity contribution >= 4 is 7.75 Å². The van der Waals surface area contributed by atoms with E-state index in [1.54, 1.807) is 26.0 Å². The third kappa shape index (κ3) is 3.98. The van der Waals surface area contributed by atoms with Crippen LogP contribution in [0.25, 0.3) is 0 Å². The summed E-state index contributed by atoms with van der Waals surface area (Å²) in [5, 5.41) is 0. The van der Waals surface area contributed by atoms with Crippen molar-refractivity contribution in [1.29, 1.82) is 0 Å². The average molecular weight is 177 g/mol. The predicted molar refractivity (Wildman–Crippen MR) is 43.5 cm³/mol. The molecule has 0 aromatic heterocycles. The van der Waals surface area contributed by atoms with Crippen molar-refractivity contribution in [3.63, 3.8) is 0 Å². The molecular formula is C6H12NO3P. The molecule has 4 nitrogen and oxygen atoms in total. The van der Waals surface area contributed by atoms with Crippen LogP contribution in [0, 0.1) is 0 Å². The SMILES string of the molecule is C/C=C\N(/C=C\C)P(=O)(O)O. The Morgan fingerprint density at radius 2 is 1.55 bits per heavy atom. The van der Waals surface area contributed by atoms with E-state index in [-0.39, 0.29) is 0 Å². The maximum Gasteiger partial charge on any atom is 0.433 e. The van der Waals surface area contributed by atoms with Crippen molar-refractivity contribution in [2.24, 2.45) is 0 Å². The van der Waals surface area contributed by atoms with E-state index >= 15 is 0 Å². The lowest BCUT2D eigenvalue weighted by Gasteiger charge is -2.15. The summed E-state index contributed by atoms with van der Waals surface area (Å²) in [5.74, 6) is 0. The molecule has 0 heterocycles. The molecule has 0 aliphatic rings. The monoisotopic (exact) mass is 177 g/mol. The maximum atomic E-state index is 10.6. The Labute approximate surface area is 66.1 Å². The lowest BCUT2D eigenvalue weighted by molar-refractivity contribution is 0.329. The Morgan fingerprint density at radius 3 is 1.73 bits per heavy atom. The molecular weight excluding hydrogens is 165 g/mol. The highest BCUT2D eigenvalue weighted by Gasteiger charge is 2.18. The second-order valence-corrected chi connectivity index (χ2v) is 3.35. The average Bonchev–Trinajstić information content (AvgIpc) is 1.85. The maximum absolute atomic E-state index is 10.6. The zero-order valence-electron chi connectivity index (χ0n) is 6.51. The highest BCUT2D eigenvalue weighted by atomic mass is 31.2. The summed E-state index contributed by atoms with van der Waals surface area (Å²) < 4.78 is 11.5. The van der Waals surface area contributed by atoms with Gasteiger partial charge < -0.3 is 9.79 Å². The third-order valence-electron chi connectivity index (χ3n) is 0.904. The summed E-state index contributed by atoms with van der Waals surface area (Å²) in [4.78, 5) is 17.3. The van der Waals surface area contributed by atoms with Gasteiger partial charge in [-0.3, -0.25) is 4.67 Å². The van der Waals surface area contributed by atoms with E-state index in [1.807, 2.05) is 0 Å². The second-order valence-electron chi connectivity index (χ2n) is 1.86. The van der Waals surface area contributed by atoms with Gasteiger partial charge in [0.15, 0.2) is 0 Å². The van der Waals surface area contributed by atoms with Crippen molar-refractivity contribution in [2.45, 2.75) is 13.8 Å². The van der Waals surface area contributed by atoms with Gasteiger partial charge in [0.2, 0.25) is 0 Å². The zero-order valence-corrected chi connectivity index (χ0v) is 7.40. The standard InChI is InChI=1S/C6H12NO3P/c1-3-5-7(6-4-2)11(8,9)10/h3-6H,1-2H3,(H2,8,9,10)/b5-3-,6-4-. The first-order valence-corrected chi connectivity index (χ1v) is 4.69. The van der Waals surface area contributed by atoms with E-state index in [1.165, 1.54) is 12.4 Å². The normalized spacial score (nSPS) is 13.1. The summed E-state index contributed by atoms with van der Waals surface area (Å²) >= 11 is 0. The van der Waals surface area contributed by atoms with Crippen LogP contribution in [0.5, 0.6) is 0 Å². The molecule has 0 saturated carbocycles. The Hall–Kier alpha value is -0.570. The Balaban J connectivity index is 4.48. The number of rotatable bonds is 3.